The maximum atomic E-state index is 12.7. The van der Waals surface area contributed by atoms with E-state index in [1.165, 1.54) is 0 Å². The highest BCUT2D eigenvalue weighted by molar-refractivity contribution is 7.79. The Kier molecular flexibility index (Phi) is 3.51. The van der Waals surface area contributed by atoms with Gasteiger partial charge in [0.2, 0.25) is 0 Å². The molecule has 0 amide bonds. The molecule has 100 valence electrons. The molecule has 1 heterocycles. The van der Waals surface area contributed by atoms with E-state index in [2.05, 4.69) is 17.6 Å². The van der Waals surface area contributed by atoms with Crippen molar-refractivity contribution < 1.29 is 0 Å². The molecule has 0 fully saturated rings. The molecule has 0 aliphatic carbocycles. The van der Waals surface area contributed by atoms with E-state index in [1.54, 1.807) is 22.8 Å². The van der Waals surface area contributed by atoms with Crippen LogP contribution in [0.3, 0.4) is 0 Å². The normalized spacial score (nSPS) is 10.9. The summed E-state index contributed by atoms with van der Waals surface area (Å²) in [7, 11) is 0. The molecule has 0 N–H and O–H groups in total. The predicted molar refractivity (Wildman–Crippen MR) is 85.0 cm³/mol. The van der Waals surface area contributed by atoms with Gasteiger partial charge in [-0.3, -0.25) is 9.36 Å². The Balaban J connectivity index is 2.45. The molecule has 0 bridgehead atoms. The summed E-state index contributed by atoms with van der Waals surface area (Å²) in [5, 5.41) is 0.846. The van der Waals surface area contributed by atoms with Gasteiger partial charge in [-0.2, -0.15) is 12.6 Å². The average molecular weight is 303 g/mol. The van der Waals surface area contributed by atoms with E-state index in [0.29, 0.717) is 27.5 Å². The maximum Gasteiger partial charge on any atom is 0.267 e. The van der Waals surface area contributed by atoms with E-state index in [1.807, 2.05) is 30.3 Å². The van der Waals surface area contributed by atoms with Gasteiger partial charge in [-0.1, -0.05) is 35.9 Å². The highest BCUT2D eigenvalue weighted by Gasteiger charge is 2.13. The molecule has 3 rings (SSSR count). The Morgan fingerprint density at radius 1 is 1.10 bits per heavy atom. The molecule has 0 atom stereocenters. The molecule has 3 nitrogen and oxygen atoms in total. The fourth-order valence-electron chi connectivity index (χ4n) is 2.19. The van der Waals surface area contributed by atoms with Crippen molar-refractivity contribution in [2.24, 2.45) is 0 Å². The van der Waals surface area contributed by atoms with Gasteiger partial charge < -0.3 is 0 Å². The Bertz CT molecular complexity index is 830. The molecule has 0 spiro atoms. The number of hydrogen-bond acceptors (Lipinski definition) is 3. The zero-order valence-corrected chi connectivity index (χ0v) is 12.1. The molecule has 20 heavy (non-hydrogen) atoms. The number of nitrogens with zero attached hydrogens (tertiary/aromatic N) is 2. The second kappa shape index (κ2) is 5.31. The van der Waals surface area contributed by atoms with Crippen molar-refractivity contribution in [2.45, 2.75) is 5.75 Å². The van der Waals surface area contributed by atoms with Crippen molar-refractivity contribution in [3.63, 3.8) is 0 Å². The van der Waals surface area contributed by atoms with Crippen molar-refractivity contribution in [3.8, 4) is 5.69 Å². The molecule has 2 aromatic carbocycles. The van der Waals surface area contributed by atoms with Crippen LogP contribution in [0.2, 0.25) is 5.02 Å². The molecule has 1 aromatic heterocycles. The average Bonchev–Trinajstić information content (AvgIpc) is 2.47. The lowest BCUT2D eigenvalue weighted by Crippen LogP contribution is -2.23. The Morgan fingerprint density at radius 3 is 2.55 bits per heavy atom. The SMILES string of the molecule is O=c1c2c(Cl)cccc2nc(CS)n1-c1ccccc1. The van der Waals surface area contributed by atoms with E-state index >= 15 is 0 Å². The first-order chi connectivity index (χ1) is 9.72. The summed E-state index contributed by atoms with van der Waals surface area (Å²) >= 11 is 10.4. The first-order valence-corrected chi connectivity index (χ1v) is 7.10. The third kappa shape index (κ3) is 2.11. The van der Waals surface area contributed by atoms with Crippen LogP contribution in [0.5, 0.6) is 0 Å². The van der Waals surface area contributed by atoms with E-state index in [9.17, 15) is 4.79 Å². The molecular formula is C15H11ClN2OS. The second-order valence-corrected chi connectivity index (χ2v) is 5.02. The fraction of sp³-hybridized carbons (Fsp3) is 0.0667. The number of hydrogen-bond donors (Lipinski definition) is 1. The van der Waals surface area contributed by atoms with Gasteiger partial charge in [0.1, 0.15) is 5.82 Å². The number of fused-ring (bicyclic) bond motifs is 1. The topological polar surface area (TPSA) is 34.9 Å². The maximum absolute atomic E-state index is 12.7. The van der Waals surface area contributed by atoms with E-state index < -0.39 is 0 Å². The molecule has 0 radical (unpaired) electrons. The van der Waals surface area contributed by atoms with Gasteiger partial charge in [-0.15, -0.1) is 0 Å². The molecular weight excluding hydrogens is 292 g/mol. The van der Waals surface area contributed by atoms with Crippen LogP contribution in [0.25, 0.3) is 16.6 Å². The number of rotatable bonds is 2. The summed E-state index contributed by atoms with van der Waals surface area (Å²) in [5.74, 6) is 0.964. The Labute approximate surface area is 126 Å². The summed E-state index contributed by atoms with van der Waals surface area (Å²) in [6.45, 7) is 0. The minimum Gasteiger partial charge on any atom is -0.268 e. The summed E-state index contributed by atoms with van der Waals surface area (Å²) < 4.78 is 1.56. The van der Waals surface area contributed by atoms with E-state index in [0.717, 1.165) is 5.69 Å². The van der Waals surface area contributed by atoms with Crippen LogP contribution >= 0.6 is 24.2 Å². The van der Waals surface area contributed by atoms with Gasteiger partial charge in [0.25, 0.3) is 5.56 Å². The lowest BCUT2D eigenvalue weighted by molar-refractivity contribution is 0.886. The molecule has 0 saturated carbocycles. The van der Waals surface area contributed by atoms with Gasteiger partial charge in [-0.05, 0) is 24.3 Å². The Morgan fingerprint density at radius 2 is 1.85 bits per heavy atom. The first kappa shape index (κ1) is 13.2. The lowest BCUT2D eigenvalue weighted by Gasteiger charge is -2.12. The summed E-state index contributed by atoms with van der Waals surface area (Å²) in [4.78, 5) is 17.2. The van der Waals surface area contributed by atoms with Crippen LogP contribution in [0.15, 0.2) is 53.3 Å². The zero-order chi connectivity index (χ0) is 14.1. The quantitative estimate of drug-likeness (QED) is 0.736. The van der Waals surface area contributed by atoms with Crippen LogP contribution in [0.1, 0.15) is 5.82 Å². The smallest absolute Gasteiger partial charge is 0.267 e. The second-order valence-electron chi connectivity index (χ2n) is 4.30. The zero-order valence-electron chi connectivity index (χ0n) is 10.5. The van der Waals surface area contributed by atoms with E-state index in [4.69, 9.17) is 11.6 Å². The number of benzene rings is 2. The number of para-hydroxylation sites is 1. The van der Waals surface area contributed by atoms with Gasteiger partial charge in [0, 0.05) is 5.75 Å². The number of halogens is 1. The van der Waals surface area contributed by atoms with Crippen molar-refractivity contribution in [3.05, 3.63) is 69.7 Å². The van der Waals surface area contributed by atoms with Gasteiger partial charge in [0.05, 0.1) is 21.6 Å². The molecule has 0 unspecified atom stereocenters. The fourth-order valence-corrected chi connectivity index (χ4v) is 2.65. The highest BCUT2D eigenvalue weighted by Crippen LogP contribution is 2.20. The number of thiol groups is 1. The van der Waals surface area contributed by atoms with Crippen LogP contribution in [0.4, 0.5) is 0 Å². The van der Waals surface area contributed by atoms with Crippen LogP contribution in [0, 0.1) is 0 Å². The molecule has 0 aliphatic rings. The van der Waals surface area contributed by atoms with E-state index in [-0.39, 0.29) is 5.56 Å². The lowest BCUT2D eigenvalue weighted by atomic mass is 10.2. The highest BCUT2D eigenvalue weighted by atomic mass is 35.5. The van der Waals surface area contributed by atoms with Crippen molar-refractivity contribution in [2.75, 3.05) is 0 Å². The minimum atomic E-state index is -0.171. The molecule has 0 saturated heterocycles. The summed E-state index contributed by atoms with van der Waals surface area (Å²) in [6.07, 6.45) is 0. The standard InChI is InChI=1S/C15H11ClN2OS/c16-11-7-4-8-12-14(11)15(19)18(13(9-20)17-12)10-5-2-1-3-6-10/h1-8,20H,9H2. The first-order valence-electron chi connectivity index (χ1n) is 6.09. The third-order valence-corrected chi connectivity index (χ3v) is 3.67. The molecule has 3 aromatic rings. The van der Waals surface area contributed by atoms with Crippen molar-refractivity contribution >= 4 is 35.1 Å². The van der Waals surface area contributed by atoms with Gasteiger partial charge >= 0.3 is 0 Å². The van der Waals surface area contributed by atoms with Crippen molar-refractivity contribution in [1.82, 2.24) is 9.55 Å². The minimum absolute atomic E-state index is 0.171. The Hall–Kier alpha value is -1.78. The van der Waals surface area contributed by atoms with Gasteiger partial charge in [-0.25, -0.2) is 4.98 Å². The third-order valence-electron chi connectivity index (χ3n) is 3.07. The summed E-state index contributed by atoms with van der Waals surface area (Å²) in [5.41, 5.74) is 1.19. The van der Waals surface area contributed by atoms with Crippen LogP contribution in [-0.4, -0.2) is 9.55 Å². The van der Waals surface area contributed by atoms with Crippen LogP contribution in [-0.2, 0) is 5.75 Å². The number of aromatic nitrogens is 2. The van der Waals surface area contributed by atoms with Crippen molar-refractivity contribution in [1.29, 1.82) is 0 Å². The molecule has 0 aliphatic heterocycles. The largest absolute Gasteiger partial charge is 0.268 e. The molecule has 5 heteroatoms. The summed E-state index contributed by atoms with van der Waals surface area (Å²) in [6, 6.07) is 14.6. The monoisotopic (exact) mass is 302 g/mol. The van der Waals surface area contributed by atoms with Gasteiger partial charge in [0.15, 0.2) is 0 Å². The predicted octanol–water partition coefficient (Wildman–Crippen LogP) is 3.47. The van der Waals surface area contributed by atoms with Crippen LogP contribution < -0.4 is 5.56 Å².